The van der Waals surface area contributed by atoms with Crippen LogP contribution in [-0.2, 0) is 12.8 Å². The van der Waals surface area contributed by atoms with E-state index in [2.05, 4.69) is 29.5 Å². The van der Waals surface area contributed by atoms with E-state index in [1.54, 1.807) is 11.3 Å². The third-order valence-electron chi connectivity index (χ3n) is 5.80. The summed E-state index contributed by atoms with van der Waals surface area (Å²) in [6.45, 7) is 7.10. The van der Waals surface area contributed by atoms with Crippen LogP contribution >= 0.6 is 11.3 Å². The van der Waals surface area contributed by atoms with Gasteiger partial charge in [0.05, 0.1) is 17.9 Å². The number of rotatable bonds is 2. The molecule has 0 saturated carbocycles. The van der Waals surface area contributed by atoms with Crippen LogP contribution in [0.1, 0.15) is 36.6 Å². The zero-order chi connectivity index (χ0) is 18.7. The highest BCUT2D eigenvalue weighted by Crippen LogP contribution is 2.48. The summed E-state index contributed by atoms with van der Waals surface area (Å²) < 4.78 is 8.37. The highest BCUT2D eigenvalue weighted by Gasteiger charge is 2.33. The van der Waals surface area contributed by atoms with Crippen LogP contribution < -0.4 is 10.2 Å². The van der Waals surface area contributed by atoms with Crippen molar-refractivity contribution in [3.05, 3.63) is 56.8 Å². The van der Waals surface area contributed by atoms with Crippen LogP contribution in [0.4, 0.5) is 0 Å². The Hall–Kier alpha value is -2.40. The molecule has 0 saturated heterocycles. The zero-order valence-corrected chi connectivity index (χ0v) is 16.6. The predicted molar refractivity (Wildman–Crippen MR) is 109 cm³/mol. The van der Waals surface area contributed by atoms with Gasteiger partial charge in [0.25, 0.3) is 0 Å². The molecule has 0 fully saturated rings. The minimum absolute atomic E-state index is 0.105. The first-order valence-corrected chi connectivity index (χ1v) is 10.4. The van der Waals surface area contributed by atoms with Gasteiger partial charge in [-0.2, -0.15) is 0 Å². The Kier molecular flexibility index (Phi) is 3.76. The standard InChI is InChI=1S/C22H22N2O2S/c1-12(2)17-9-14-8-16(22-23-5-7-27-22)21-15(4-6-26-21)20(14)18-10-19(25)13(3)11-24(17)18/h5,7-8,10-12,17H,4,6,9H2,1-3H3. The van der Waals surface area contributed by atoms with Crippen molar-refractivity contribution < 1.29 is 4.74 Å². The van der Waals surface area contributed by atoms with E-state index in [1.165, 1.54) is 16.7 Å². The van der Waals surface area contributed by atoms with E-state index in [0.717, 1.165) is 40.4 Å². The van der Waals surface area contributed by atoms with Gasteiger partial charge in [-0.15, -0.1) is 11.3 Å². The second-order valence-corrected chi connectivity index (χ2v) is 8.72. The van der Waals surface area contributed by atoms with Gasteiger partial charge in [0.15, 0.2) is 5.43 Å². The van der Waals surface area contributed by atoms with Gasteiger partial charge in [-0.05, 0) is 30.9 Å². The van der Waals surface area contributed by atoms with Crippen LogP contribution in [0.2, 0.25) is 0 Å². The molecule has 2 aliphatic rings. The smallest absolute Gasteiger partial charge is 0.185 e. The van der Waals surface area contributed by atoms with E-state index < -0.39 is 0 Å². The molecule has 1 unspecified atom stereocenters. The van der Waals surface area contributed by atoms with Gasteiger partial charge in [0.2, 0.25) is 0 Å². The van der Waals surface area contributed by atoms with Crippen molar-refractivity contribution in [3.8, 4) is 27.6 Å². The summed E-state index contributed by atoms with van der Waals surface area (Å²) in [5, 5.41) is 3.01. The Morgan fingerprint density at radius 2 is 2.19 bits per heavy atom. The summed E-state index contributed by atoms with van der Waals surface area (Å²) in [5.41, 5.74) is 6.80. The fraction of sp³-hybridized carbons (Fsp3) is 0.364. The summed E-state index contributed by atoms with van der Waals surface area (Å²) in [4.78, 5) is 17.0. The molecule has 1 atom stereocenters. The van der Waals surface area contributed by atoms with Crippen molar-refractivity contribution in [1.29, 1.82) is 0 Å². The Labute approximate surface area is 162 Å². The zero-order valence-electron chi connectivity index (χ0n) is 15.8. The molecule has 3 aromatic rings. The lowest BCUT2D eigenvalue weighted by Crippen LogP contribution is -2.27. The first kappa shape index (κ1) is 16.8. The molecule has 0 spiro atoms. The highest BCUT2D eigenvalue weighted by atomic mass is 32.1. The SMILES string of the molecule is Cc1cn2c(cc1=O)-c1c(cc(-c3nccs3)c3c1CCO3)CC2C(C)C. The van der Waals surface area contributed by atoms with Crippen LogP contribution in [0, 0.1) is 12.8 Å². The number of benzene rings is 1. The molecule has 5 rings (SSSR count). The number of aromatic nitrogens is 2. The molecule has 2 aromatic heterocycles. The normalized spacial score (nSPS) is 17.4. The van der Waals surface area contributed by atoms with Crippen molar-refractivity contribution in [2.45, 2.75) is 39.7 Å². The maximum atomic E-state index is 12.5. The van der Waals surface area contributed by atoms with Crippen molar-refractivity contribution in [1.82, 2.24) is 9.55 Å². The third-order valence-corrected chi connectivity index (χ3v) is 6.61. The monoisotopic (exact) mass is 378 g/mol. The van der Waals surface area contributed by atoms with E-state index in [-0.39, 0.29) is 5.43 Å². The molecule has 2 aliphatic heterocycles. The second-order valence-electron chi connectivity index (χ2n) is 7.83. The molecular weight excluding hydrogens is 356 g/mol. The lowest BCUT2D eigenvalue weighted by molar-refractivity contribution is 0.357. The van der Waals surface area contributed by atoms with E-state index in [9.17, 15) is 4.79 Å². The molecule has 4 nitrogen and oxygen atoms in total. The van der Waals surface area contributed by atoms with Crippen molar-refractivity contribution in [2.75, 3.05) is 6.61 Å². The molecule has 0 N–H and O–H groups in total. The van der Waals surface area contributed by atoms with Gasteiger partial charge in [-0.1, -0.05) is 13.8 Å². The van der Waals surface area contributed by atoms with E-state index >= 15 is 0 Å². The van der Waals surface area contributed by atoms with Crippen molar-refractivity contribution >= 4 is 11.3 Å². The van der Waals surface area contributed by atoms with E-state index in [1.807, 2.05) is 30.8 Å². The topological polar surface area (TPSA) is 44.1 Å². The van der Waals surface area contributed by atoms with Gasteiger partial charge >= 0.3 is 0 Å². The van der Waals surface area contributed by atoms with Gasteiger partial charge in [-0.3, -0.25) is 4.79 Å². The Bertz CT molecular complexity index is 1100. The van der Waals surface area contributed by atoms with Gasteiger partial charge in [0.1, 0.15) is 10.8 Å². The lowest BCUT2D eigenvalue weighted by atomic mass is 9.83. The minimum atomic E-state index is 0.105. The number of nitrogens with zero attached hydrogens (tertiary/aromatic N) is 2. The Morgan fingerprint density at radius 1 is 1.33 bits per heavy atom. The molecular formula is C22H22N2O2S. The fourth-order valence-corrected chi connectivity index (χ4v) is 5.10. The number of aryl methyl sites for hydroxylation is 1. The van der Waals surface area contributed by atoms with Crippen LogP contribution in [0.3, 0.4) is 0 Å². The molecule has 4 heterocycles. The summed E-state index contributed by atoms with van der Waals surface area (Å²) in [5.74, 6) is 1.43. The first-order chi connectivity index (χ1) is 13.0. The Balaban J connectivity index is 1.83. The number of hydrogen-bond acceptors (Lipinski definition) is 4. The van der Waals surface area contributed by atoms with Gasteiger partial charge < -0.3 is 9.30 Å². The summed E-state index contributed by atoms with van der Waals surface area (Å²) >= 11 is 1.64. The third kappa shape index (κ3) is 2.48. The number of fused-ring (bicyclic) bond motifs is 5. The molecule has 138 valence electrons. The quantitative estimate of drug-likeness (QED) is 0.653. The summed E-state index contributed by atoms with van der Waals surface area (Å²) in [6.07, 6.45) is 5.73. The molecule has 5 heteroatoms. The van der Waals surface area contributed by atoms with E-state index in [0.29, 0.717) is 18.6 Å². The van der Waals surface area contributed by atoms with Crippen molar-refractivity contribution in [2.24, 2.45) is 5.92 Å². The maximum absolute atomic E-state index is 12.5. The lowest BCUT2D eigenvalue weighted by Gasteiger charge is -2.34. The average molecular weight is 378 g/mol. The maximum Gasteiger partial charge on any atom is 0.185 e. The molecule has 1 aromatic carbocycles. The van der Waals surface area contributed by atoms with Gasteiger partial charge in [-0.25, -0.2) is 4.98 Å². The van der Waals surface area contributed by atoms with Crippen LogP contribution in [0.15, 0.2) is 34.7 Å². The Morgan fingerprint density at radius 3 is 2.93 bits per heavy atom. The first-order valence-electron chi connectivity index (χ1n) is 9.49. The second kappa shape index (κ2) is 6.06. The molecule has 0 amide bonds. The summed E-state index contributed by atoms with van der Waals surface area (Å²) in [6, 6.07) is 4.42. The number of thiazole rings is 1. The van der Waals surface area contributed by atoms with E-state index in [4.69, 9.17) is 4.74 Å². The molecule has 0 aliphatic carbocycles. The molecule has 27 heavy (non-hydrogen) atoms. The van der Waals surface area contributed by atoms with Crippen molar-refractivity contribution in [3.63, 3.8) is 0 Å². The average Bonchev–Trinajstić information content (AvgIpc) is 3.33. The fourth-order valence-electron chi connectivity index (χ4n) is 4.45. The molecule has 0 radical (unpaired) electrons. The van der Waals surface area contributed by atoms with Crippen LogP contribution in [-0.4, -0.2) is 16.2 Å². The highest BCUT2D eigenvalue weighted by molar-refractivity contribution is 7.13. The number of hydrogen-bond donors (Lipinski definition) is 0. The van der Waals surface area contributed by atoms with Crippen LogP contribution in [0.25, 0.3) is 21.8 Å². The molecule has 0 bridgehead atoms. The largest absolute Gasteiger partial charge is 0.492 e. The van der Waals surface area contributed by atoms with Crippen LogP contribution in [0.5, 0.6) is 5.75 Å². The minimum Gasteiger partial charge on any atom is -0.492 e. The summed E-state index contributed by atoms with van der Waals surface area (Å²) in [7, 11) is 0. The van der Waals surface area contributed by atoms with Gasteiger partial charge in [0, 0.05) is 53.0 Å². The predicted octanol–water partition coefficient (Wildman–Crippen LogP) is 4.64. The number of pyridine rings is 1. The number of ether oxygens (including phenoxy) is 1.